The Hall–Kier alpha value is -2.66. The van der Waals surface area contributed by atoms with Gasteiger partial charge >= 0.3 is 0 Å². The molecule has 4 nitrogen and oxygen atoms in total. The maximum absolute atomic E-state index is 10.4. The Morgan fingerprint density at radius 3 is 1.21 bits per heavy atom. The molecular formula is C18H12Cl2N2O2. The molecular weight excluding hydrogens is 347 g/mol. The van der Waals surface area contributed by atoms with Crippen molar-refractivity contribution in [2.45, 2.75) is 11.8 Å². The largest absolute Gasteiger partial charge is 0.302 e. The van der Waals surface area contributed by atoms with E-state index in [0.29, 0.717) is 33.7 Å². The van der Waals surface area contributed by atoms with Crippen LogP contribution in [-0.2, 0) is 9.59 Å². The van der Waals surface area contributed by atoms with Gasteiger partial charge in [-0.15, -0.1) is 0 Å². The predicted octanol–water partition coefficient (Wildman–Crippen LogP) is 4.29. The van der Waals surface area contributed by atoms with Crippen molar-refractivity contribution in [3.05, 3.63) is 69.7 Å². The van der Waals surface area contributed by atoms with Gasteiger partial charge in [-0.3, -0.25) is 0 Å². The smallest absolute Gasteiger partial charge is 0.141 e. The van der Waals surface area contributed by atoms with Crippen LogP contribution in [0.5, 0.6) is 0 Å². The van der Waals surface area contributed by atoms with E-state index in [4.69, 9.17) is 33.7 Å². The summed E-state index contributed by atoms with van der Waals surface area (Å²) in [6, 6.07) is 17.1. The highest BCUT2D eigenvalue weighted by Crippen LogP contribution is 2.16. The third kappa shape index (κ3) is 5.85. The highest BCUT2D eigenvalue weighted by atomic mass is 35.5. The van der Waals surface area contributed by atoms with Gasteiger partial charge in [-0.05, 0) is 35.4 Å². The van der Waals surface area contributed by atoms with Crippen LogP contribution >= 0.6 is 23.2 Å². The lowest BCUT2D eigenvalue weighted by Crippen LogP contribution is -1.95. The number of rotatable bonds is 4. The average molecular weight is 359 g/mol. The number of halogens is 2. The molecule has 0 spiro atoms. The molecule has 0 amide bonds. The van der Waals surface area contributed by atoms with Crippen molar-refractivity contribution in [3.63, 3.8) is 0 Å². The molecule has 2 unspecified atom stereocenters. The molecule has 0 heterocycles. The van der Waals surface area contributed by atoms with Crippen LogP contribution in [-0.4, -0.2) is 12.6 Å². The second kappa shape index (κ2) is 10.2. The molecule has 2 atom stereocenters. The standard InChI is InChI=1S/2C9H6ClNO/c2*10-9-3-1-7(2-4-9)8(5-11)6-12/h2*1-4,6,8H. The lowest BCUT2D eigenvalue weighted by molar-refractivity contribution is -0.108. The fourth-order valence-electron chi connectivity index (χ4n) is 1.71. The first kappa shape index (κ1) is 19.4. The molecule has 0 aliphatic carbocycles. The molecule has 0 saturated heterocycles. The van der Waals surface area contributed by atoms with Crippen molar-refractivity contribution in [2.75, 3.05) is 0 Å². The molecule has 0 bridgehead atoms. The van der Waals surface area contributed by atoms with E-state index in [-0.39, 0.29) is 0 Å². The second-order valence-electron chi connectivity index (χ2n) is 4.59. The lowest BCUT2D eigenvalue weighted by Gasteiger charge is -1.99. The summed E-state index contributed by atoms with van der Waals surface area (Å²) in [5, 5.41) is 18.3. The van der Waals surface area contributed by atoms with Crippen LogP contribution < -0.4 is 0 Å². The van der Waals surface area contributed by atoms with Gasteiger partial charge in [0, 0.05) is 10.0 Å². The van der Waals surface area contributed by atoms with Crippen LogP contribution in [0.4, 0.5) is 0 Å². The third-order valence-electron chi connectivity index (χ3n) is 3.01. The van der Waals surface area contributed by atoms with Crippen LogP contribution in [0.3, 0.4) is 0 Å². The molecule has 0 N–H and O–H groups in total. The van der Waals surface area contributed by atoms with Gasteiger partial charge < -0.3 is 9.59 Å². The Kier molecular flexibility index (Phi) is 8.22. The van der Waals surface area contributed by atoms with Crippen molar-refractivity contribution in [1.29, 1.82) is 10.5 Å². The SMILES string of the molecule is N#CC(C=O)c1ccc(Cl)cc1.N#CC(C=O)c1ccc(Cl)cc1. The summed E-state index contributed by atoms with van der Waals surface area (Å²) in [4.78, 5) is 20.7. The van der Waals surface area contributed by atoms with E-state index in [1.807, 2.05) is 12.1 Å². The highest BCUT2D eigenvalue weighted by molar-refractivity contribution is 6.30. The average Bonchev–Trinajstić information content (AvgIpc) is 2.61. The van der Waals surface area contributed by atoms with Gasteiger partial charge in [0.05, 0.1) is 12.1 Å². The first-order valence-corrected chi connectivity index (χ1v) is 7.52. The van der Waals surface area contributed by atoms with Crippen LogP contribution in [0.2, 0.25) is 10.0 Å². The van der Waals surface area contributed by atoms with Gasteiger partial charge in [0.1, 0.15) is 24.4 Å². The summed E-state index contributed by atoms with van der Waals surface area (Å²) in [7, 11) is 0. The molecule has 2 aromatic carbocycles. The first-order valence-electron chi connectivity index (χ1n) is 6.76. The first-order chi connectivity index (χ1) is 11.5. The Morgan fingerprint density at radius 1 is 0.708 bits per heavy atom. The zero-order valence-electron chi connectivity index (χ0n) is 12.4. The zero-order valence-corrected chi connectivity index (χ0v) is 13.9. The molecule has 0 aliphatic rings. The minimum absolute atomic E-state index is 0.598. The Balaban J connectivity index is 0.000000240. The molecule has 2 rings (SSSR count). The lowest BCUT2D eigenvalue weighted by atomic mass is 10.0. The summed E-state index contributed by atoms with van der Waals surface area (Å²) in [6.07, 6.45) is 1.23. The molecule has 0 fully saturated rings. The number of benzene rings is 2. The van der Waals surface area contributed by atoms with Gasteiger partial charge in [0.25, 0.3) is 0 Å². The molecule has 0 aromatic heterocycles. The Morgan fingerprint density at radius 2 is 1.00 bits per heavy atom. The maximum atomic E-state index is 10.4. The summed E-state index contributed by atoms with van der Waals surface area (Å²) in [5.41, 5.74) is 1.36. The van der Waals surface area contributed by atoms with Gasteiger partial charge in [-0.25, -0.2) is 0 Å². The number of nitrogens with zero attached hydrogens (tertiary/aromatic N) is 2. The van der Waals surface area contributed by atoms with Gasteiger partial charge in [-0.1, -0.05) is 47.5 Å². The Bertz CT molecular complexity index is 692. The fourth-order valence-corrected chi connectivity index (χ4v) is 1.96. The molecule has 0 aliphatic heterocycles. The normalized spacial score (nSPS) is 11.7. The number of hydrogen-bond donors (Lipinski definition) is 0. The molecule has 2 aromatic rings. The van der Waals surface area contributed by atoms with Crippen LogP contribution in [0.25, 0.3) is 0 Å². The van der Waals surface area contributed by atoms with Gasteiger partial charge in [0.15, 0.2) is 0 Å². The van der Waals surface area contributed by atoms with E-state index in [2.05, 4.69) is 0 Å². The van der Waals surface area contributed by atoms with Crippen molar-refractivity contribution >= 4 is 35.8 Å². The van der Waals surface area contributed by atoms with Crippen LogP contribution in [0.15, 0.2) is 48.5 Å². The third-order valence-corrected chi connectivity index (χ3v) is 3.51. The fraction of sp³-hybridized carbons (Fsp3) is 0.111. The predicted molar refractivity (Wildman–Crippen MR) is 91.7 cm³/mol. The summed E-state index contributed by atoms with van der Waals surface area (Å²) in [5.74, 6) is -1.36. The number of carbonyl (C=O) groups excluding carboxylic acids is 2. The second-order valence-corrected chi connectivity index (χ2v) is 5.46. The summed E-state index contributed by atoms with van der Waals surface area (Å²) < 4.78 is 0. The molecule has 0 saturated carbocycles. The minimum Gasteiger partial charge on any atom is -0.302 e. The monoisotopic (exact) mass is 358 g/mol. The Labute approximate surface area is 149 Å². The van der Waals surface area contributed by atoms with E-state index in [0.717, 1.165) is 0 Å². The number of hydrogen-bond acceptors (Lipinski definition) is 4. The zero-order chi connectivity index (χ0) is 17.9. The topological polar surface area (TPSA) is 81.7 Å². The van der Waals surface area contributed by atoms with E-state index >= 15 is 0 Å². The van der Waals surface area contributed by atoms with E-state index in [1.54, 1.807) is 48.5 Å². The molecule has 6 heteroatoms. The quantitative estimate of drug-likeness (QED) is 0.763. The van der Waals surface area contributed by atoms with Crippen molar-refractivity contribution in [3.8, 4) is 12.1 Å². The van der Waals surface area contributed by atoms with Crippen molar-refractivity contribution in [1.82, 2.24) is 0 Å². The molecule has 24 heavy (non-hydrogen) atoms. The van der Waals surface area contributed by atoms with Gasteiger partial charge in [0.2, 0.25) is 0 Å². The van der Waals surface area contributed by atoms with Crippen LogP contribution in [0.1, 0.15) is 23.0 Å². The molecule has 0 radical (unpaired) electrons. The number of carbonyl (C=O) groups is 2. The van der Waals surface area contributed by atoms with Crippen molar-refractivity contribution < 1.29 is 9.59 Å². The maximum Gasteiger partial charge on any atom is 0.141 e. The summed E-state index contributed by atoms with van der Waals surface area (Å²) >= 11 is 11.3. The van der Waals surface area contributed by atoms with E-state index < -0.39 is 11.8 Å². The highest BCUT2D eigenvalue weighted by Gasteiger charge is 2.08. The number of aldehydes is 2. The minimum atomic E-state index is -0.678. The number of nitriles is 2. The summed E-state index contributed by atoms with van der Waals surface area (Å²) in [6.45, 7) is 0. The van der Waals surface area contributed by atoms with Crippen molar-refractivity contribution in [2.24, 2.45) is 0 Å². The van der Waals surface area contributed by atoms with Gasteiger partial charge in [-0.2, -0.15) is 10.5 Å². The van der Waals surface area contributed by atoms with E-state index in [9.17, 15) is 9.59 Å². The molecule has 120 valence electrons. The van der Waals surface area contributed by atoms with E-state index in [1.165, 1.54) is 0 Å². The van der Waals surface area contributed by atoms with Crippen LogP contribution in [0, 0.1) is 22.7 Å².